The van der Waals surface area contributed by atoms with Crippen molar-refractivity contribution in [2.24, 2.45) is 0 Å². The lowest BCUT2D eigenvalue weighted by atomic mass is 10.3. The van der Waals surface area contributed by atoms with E-state index in [1.807, 2.05) is 19.1 Å². The molecule has 0 saturated carbocycles. The number of nitrogen functional groups attached to an aromatic ring is 1. The molecule has 4 heterocycles. The van der Waals surface area contributed by atoms with Crippen molar-refractivity contribution in [3.8, 4) is 11.6 Å². The number of hydrogen-bond donors (Lipinski definition) is 1. The predicted octanol–water partition coefficient (Wildman–Crippen LogP) is 1.86. The number of nitrogens with two attached hydrogens (primary N) is 1. The first-order valence-electron chi connectivity index (χ1n) is 7.48. The van der Waals surface area contributed by atoms with Crippen LogP contribution in [0.5, 0.6) is 0 Å². The van der Waals surface area contributed by atoms with E-state index in [0.717, 1.165) is 5.56 Å². The molecule has 0 atom stereocenters. The van der Waals surface area contributed by atoms with E-state index in [-0.39, 0.29) is 5.56 Å². The molecule has 8 nitrogen and oxygen atoms in total. The zero-order valence-corrected chi connectivity index (χ0v) is 14.1. The van der Waals surface area contributed by atoms with E-state index in [1.165, 1.54) is 26.9 Å². The zero-order valence-electron chi connectivity index (χ0n) is 13.3. The maximum Gasteiger partial charge on any atom is 0.258 e. The van der Waals surface area contributed by atoms with Gasteiger partial charge < -0.3 is 10.3 Å². The highest BCUT2D eigenvalue weighted by atomic mass is 32.2. The van der Waals surface area contributed by atoms with Crippen LogP contribution in [-0.2, 0) is 5.75 Å². The summed E-state index contributed by atoms with van der Waals surface area (Å²) in [6.07, 6.45) is 3.26. The molecule has 126 valence electrons. The molecule has 0 radical (unpaired) electrons. The molecule has 0 aliphatic rings. The first-order chi connectivity index (χ1) is 12.1. The van der Waals surface area contributed by atoms with E-state index in [0.29, 0.717) is 33.8 Å². The molecule has 0 unspecified atom stereocenters. The lowest BCUT2D eigenvalue weighted by Crippen LogP contribution is -2.16. The monoisotopic (exact) mass is 354 g/mol. The van der Waals surface area contributed by atoms with Gasteiger partial charge in [0.1, 0.15) is 5.65 Å². The maximum absolute atomic E-state index is 12.2. The van der Waals surface area contributed by atoms with Gasteiger partial charge >= 0.3 is 0 Å². The third kappa shape index (κ3) is 2.78. The molecule has 0 saturated heterocycles. The Morgan fingerprint density at radius 2 is 2.16 bits per heavy atom. The molecule has 0 bridgehead atoms. The van der Waals surface area contributed by atoms with E-state index < -0.39 is 0 Å². The van der Waals surface area contributed by atoms with Crippen LogP contribution in [0.2, 0.25) is 0 Å². The Morgan fingerprint density at radius 1 is 1.28 bits per heavy atom. The van der Waals surface area contributed by atoms with E-state index in [4.69, 9.17) is 10.3 Å². The molecule has 0 aliphatic heterocycles. The first-order valence-corrected chi connectivity index (χ1v) is 8.47. The van der Waals surface area contributed by atoms with Gasteiger partial charge in [-0.1, -0.05) is 17.8 Å². The summed E-state index contributed by atoms with van der Waals surface area (Å²) in [5.74, 6) is 7.46. The number of rotatable bonds is 4. The van der Waals surface area contributed by atoms with Crippen LogP contribution in [0.4, 0.5) is 0 Å². The van der Waals surface area contributed by atoms with Gasteiger partial charge in [0.25, 0.3) is 5.56 Å². The summed E-state index contributed by atoms with van der Waals surface area (Å²) in [6.45, 7) is 1.92. The smallest absolute Gasteiger partial charge is 0.258 e. The number of thioether (sulfide) groups is 1. The van der Waals surface area contributed by atoms with Crippen molar-refractivity contribution < 1.29 is 4.42 Å². The zero-order chi connectivity index (χ0) is 17.4. The second kappa shape index (κ2) is 6.10. The lowest BCUT2D eigenvalue weighted by Gasteiger charge is -2.06. The van der Waals surface area contributed by atoms with Crippen LogP contribution in [0.3, 0.4) is 0 Å². The summed E-state index contributed by atoms with van der Waals surface area (Å²) in [4.78, 5) is 16.8. The minimum atomic E-state index is -0.116. The Balaban J connectivity index is 1.61. The first kappa shape index (κ1) is 15.5. The highest BCUT2D eigenvalue weighted by molar-refractivity contribution is 7.98. The number of aryl methyl sites for hydroxylation is 1. The number of aromatic nitrogens is 5. The van der Waals surface area contributed by atoms with Crippen molar-refractivity contribution in [1.29, 1.82) is 0 Å². The van der Waals surface area contributed by atoms with Crippen molar-refractivity contribution in [3.63, 3.8) is 0 Å². The third-order valence-electron chi connectivity index (χ3n) is 3.69. The van der Waals surface area contributed by atoms with Crippen LogP contribution >= 0.6 is 11.8 Å². The molecular weight excluding hydrogens is 340 g/mol. The molecule has 4 aromatic rings. The van der Waals surface area contributed by atoms with Gasteiger partial charge in [0.05, 0.1) is 12.0 Å². The molecule has 0 aromatic carbocycles. The number of furan rings is 1. The quantitative estimate of drug-likeness (QED) is 0.440. The fourth-order valence-electron chi connectivity index (χ4n) is 2.47. The lowest BCUT2D eigenvalue weighted by molar-refractivity contribution is 0.574. The Hall–Kier alpha value is -3.07. The van der Waals surface area contributed by atoms with E-state index >= 15 is 0 Å². The van der Waals surface area contributed by atoms with Crippen LogP contribution in [-0.4, -0.2) is 24.3 Å². The molecule has 0 spiro atoms. The maximum atomic E-state index is 12.2. The summed E-state index contributed by atoms with van der Waals surface area (Å²) in [5.41, 5.74) is 2.13. The fraction of sp³-hybridized carbons (Fsp3) is 0.125. The molecule has 25 heavy (non-hydrogen) atoms. The molecule has 0 fully saturated rings. The summed E-state index contributed by atoms with van der Waals surface area (Å²) >= 11 is 1.35. The number of hydrogen-bond acceptors (Lipinski definition) is 7. The van der Waals surface area contributed by atoms with Crippen LogP contribution in [0.25, 0.3) is 17.2 Å². The minimum Gasteiger partial charge on any atom is -0.461 e. The Labute approximate surface area is 146 Å². The molecule has 4 aromatic heterocycles. The van der Waals surface area contributed by atoms with Crippen molar-refractivity contribution in [3.05, 3.63) is 64.4 Å². The minimum absolute atomic E-state index is 0.116. The van der Waals surface area contributed by atoms with Crippen molar-refractivity contribution in [1.82, 2.24) is 24.3 Å². The van der Waals surface area contributed by atoms with E-state index in [9.17, 15) is 4.79 Å². The van der Waals surface area contributed by atoms with Gasteiger partial charge in [-0.3, -0.25) is 9.20 Å². The second-order valence-electron chi connectivity index (χ2n) is 5.41. The summed E-state index contributed by atoms with van der Waals surface area (Å²) in [6, 6.07) is 8.78. The largest absolute Gasteiger partial charge is 0.461 e. The average molecular weight is 354 g/mol. The summed E-state index contributed by atoms with van der Waals surface area (Å²) in [5, 5.41) is 8.62. The van der Waals surface area contributed by atoms with Gasteiger partial charge in [0.15, 0.2) is 5.76 Å². The van der Waals surface area contributed by atoms with Gasteiger partial charge in [0.2, 0.25) is 11.0 Å². The van der Waals surface area contributed by atoms with E-state index in [1.54, 1.807) is 24.6 Å². The Kier molecular flexibility index (Phi) is 3.77. The summed E-state index contributed by atoms with van der Waals surface area (Å²) < 4.78 is 8.18. The predicted molar refractivity (Wildman–Crippen MR) is 93.6 cm³/mol. The SMILES string of the molecule is Cc1cccn2c(=O)cc(CSc3nnc(-c4ccco4)n3N)nc12. The number of pyridine rings is 1. The van der Waals surface area contributed by atoms with Gasteiger partial charge in [-0.25, -0.2) is 9.66 Å². The third-order valence-corrected chi connectivity index (χ3v) is 4.67. The average Bonchev–Trinajstić information content (AvgIpc) is 3.24. The van der Waals surface area contributed by atoms with Gasteiger partial charge in [-0.05, 0) is 30.7 Å². The topological polar surface area (TPSA) is 104 Å². The van der Waals surface area contributed by atoms with Gasteiger partial charge in [0, 0.05) is 18.0 Å². The van der Waals surface area contributed by atoms with E-state index in [2.05, 4.69) is 15.2 Å². The molecular formula is C16H14N6O2S. The van der Waals surface area contributed by atoms with Crippen molar-refractivity contribution in [2.75, 3.05) is 5.84 Å². The highest BCUT2D eigenvalue weighted by Gasteiger charge is 2.15. The van der Waals surface area contributed by atoms with Crippen LogP contribution < -0.4 is 11.4 Å². The summed E-state index contributed by atoms with van der Waals surface area (Å²) in [7, 11) is 0. The number of nitrogens with zero attached hydrogens (tertiary/aromatic N) is 5. The second-order valence-corrected chi connectivity index (χ2v) is 6.36. The molecule has 4 rings (SSSR count). The van der Waals surface area contributed by atoms with Crippen LogP contribution in [0.15, 0.2) is 57.2 Å². The highest BCUT2D eigenvalue weighted by Crippen LogP contribution is 2.24. The number of fused-ring (bicyclic) bond motifs is 1. The Morgan fingerprint density at radius 3 is 2.96 bits per heavy atom. The van der Waals surface area contributed by atoms with Gasteiger partial charge in [-0.2, -0.15) is 0 Å². The normalized spacial score (nSPS) is 11.2. The molecule has 2 N–H and O–H groups in total. The van der Waals surface area contributed by atoms with Crippen molar-refractivity contribution >= 4 is 17.4 Å². The van der Waals surface area contributed by atoms with Gasteiger partial charge in [-0.15, -0.1) is 10.2 Å². The standard InChI is InChI=1S/C16H14N6O2S/c1-10-4-2-6-21-13(23)8-11(18-14(10)21)9-25-16-20-19-15(22(16)17)12-5-3-7-24-12/h2-8H,9,17H2,1H3. The molecule has 9 heteroatoms. The van der Waals surface area contributed by atoms with Crippen LogP contribution in [0.1, 0.15) is 11.3 Å². The Bertz CT molecular complexity index is 1100. The van der Waals surface area contributed by atoms with Crippen LogP contribution in [0, 0.1) is 6.92 Å². The molecule has 0 amide bonds. The molecule has 0 aliphatic carbocycles. The fourth-order valence-corrected chi connectivity index (χ4v) is 3.22. The van der Waals surface area contributed by atoms with Crippen molar-refractivity contribution in [2.45, 2.75) is 17.8 Å².